The Bertz CT molecular complexity index is 1700. The van der Waals surface area contributed by atoms with Crippen molar-refractivity contribution in [3.8, 4) is 22.6 Å². The molecule has 0 bridgehead atoms. The highest BCUT2D eigenvalue weighted by Gasteiger charge is 2.60. The van der Waals surface area contributed by atoms with Crippen LogP contribution in [0.4, 0.5) is 4.79 Å². The minimum Gasteiger partial charge on any atom is -0.508 e. The summed E-state index contributed by atoms with van der Waals surface area (Å²) in [6.45, 7) is 7.99. The number of aliphatic hydroxyl groups is 3. The number of carbonyl (C=O) groups excluding carboxylic acids is 4. The van der Waals surface area contributed by atoms with Gasteiger partial charge in [0.1, 0.15) is 28.6 Å². The lowest BCUT2D eigenvalue weighted by atomic mass is 9.59. The fourth-order valence-electron chi connectivity index (χ4n) is 6.63. The highest BCUT2D eigenvalue weighted by Crippen LogP contribution is 2.53. The number of phenolic OH excluding ortho intramolecular Hbond substituents is 1. The van der Waals surface area contributed by atoms with Gasteiger partial charge in [-0.15, -0.1) is 0 Å². The molecule has 0 radical (unpaired) electrons. The largest absolute Gasteiger partial charge is 0.508 e. The van der Waals surface area contributed by atoms with E-state index in [0.29, 0.717) is 34.6 Å². The lowest BCUT2D eigenvalue weighted by molar-refractivity contribution is -0.147. The van der Waals surface area contributed by atoms with Crippen LogP contribution in [0.2, 0.25) is 0 Å². The van der Waals surface area contributed by atoms with Gasteiger partial charge in [-0.2, -0.15) is 0 Å². The van der Waals surface area contributed by atoms with Crippen LogP contribution in [0.15, 0.2) is 47.2 Å². The summed E-state index contributed by atoms with van der Waals surface area (Å²) in [4.78, 5) is 50.8. The van der Waals surface area contributed by atoms with E-state index in [1.165, 1.54) is 6.07 Å². The second kappa shape index (κ2) is 11.3. The number of aromatic hydroxyl groups is 1. The van der Waals surface area contributed by atoms with Crippen LogP contribution >= 0.6 is 0 Å². The molecule has 1 fully saturated rings. The van der Waals surface area contributed by atoms with Crippen LogP contribution in [0.1, 0.15) is 57.2 Å². The topological polar surface area (TPSA) is 209 Å². The SMILES string of the molecule is CCOc1ccc(-c2ccc(O)c3c2C[C@H]2C[C@H]4CC(=O)C(C(N)=O)=C(O)[C@@]4(O)C(=O)C2=C3O)cc1CNC(=O)NC(C)(C)C. The molecular formula is C33H37N3O9. The Morgan fingerprint density at radius 2 is 1.80 bits per heavy atom. The number of Topliss-reactive ketones (excluding diaryl/α,β-unsaturated/α-hetero) is 2. The van der Waals surface area contributed by atoms with Crippen LogP contribution in [0.3, 0.4) is 0 Å². The molecular weight excluding hydrogens is 582 g/mol. The van der Waals surface area contributed by atoms with E-state index in [1.807, 2.05) is 39.8 Å². The standard InChI is InChI=1S/C33H37N3O9/c1-5-45-23-9-6-15(10-17(23)14-35-31(43)36-32(2,3)4)19-7-8-21(37)25-20(19)12-16-11-18-13-22(38)26(30(34)42)29(41)33(18,44)28(40)24(16)27(25)39/h6-10,16,18,37,39,41,44H,5,11-14H2,1-4H3,(H2,34,42)(H2,35,36,43)/t16-,18+,33+/m1/s1. The quantitative estimate of drug-likeness (QED) is 0.237. The molecule has 0 unspecified atom stereocenters. The average Bonchev–Trinajstić information content (AvgIpc) is 2.93. The summed E-state index contributed by atoms with van der Waals surface area (Å²) in [5, 5.41) is 50.2. The summed E-state index contributed by atoms with van der Waals surface area (Å²) in [6, 6.07) is 8.12. The van der Waals surface area contributed by atoms with Crippen molar-refractivity contribution in [3.63, 3.8) is 0 Å². The van der Waals surface area contributed by atoms with Crippen LogP contribution in [0.5, 0.6) is 11.5 Å². The number of ether oxygens (including phenoxy) is 1. The van der Waals surface area contributed by atoms with E-state index in [2.05, 4.69) is 10.6 Å². The number of aliphatic hydroxyl groups excluding tert-OH is 2. The molecule has 0 aliphatic heterocycles. The molecule has 0 aromatic heterocycles. The van der Waals surface area contributed by atoms with Crippen LogP contribution in [0.25, 0.3) is 16.9 Å². The van der Waals surface area contributed by atoms with Gasteiger partial charge in [0.05, 0.1) is 12.2 Å². The third kappa shape index (κ3) is 5.39. The maximum Gasteiger partial charge on any atom is 0.315 e. The van der Waals surface area contributed by atoms with Gasteiger partial charge in [-0.05, 0) is 81.3 Å². The van der Waals surface area contributed by atoms with E-state index in [4.69, 9.17) is 10.5 Å². The molecule has 45 heavy (non-hydrogen) atoms. The van der Waals surface area contributed by atoms with Crippen molar-refractivity contribution in [2.45, 2.75) is 64.6 Å². The molecule has 12 heteroatoms. The lowest BCUT2D eigenvalue weighted by Crippen LogP contribution is -2.58. The van der Waals surface area contributed by atoms with Crippen LogP contribution < -0.4 is 21.1 Å². The number of fused-ring (bicyclic) bond motifs is 3. The Labute approximate surface area is 259 Å². The fraction of sp³-hybridized carbons (Fsp3) is 0.394. The zero-order valence-corrected chi connectivity index (χ0v) is 25.5. The molecule has 0 saturated heterocycles. The van der Waals surface area contributed by atoms with E-state index < -0.39 is 64.0 Å². The van der Waals surface area contributed by atoms with Crippen molar-refractivity contribution in [2.24, 2.45) is 17.6 Å². The minimum atomic E-state index is -2.63. The first-order chi connectivity index (χ1) is 21.1. The summed E-state index contributed by atoms with van der Waals surface area (Å²) in [7, 11) is 0. The monoisotopic (exact) mass is 619 g/mol. The number of rotatable bonds is 6. The number of nitrogens with one attached hydrogen (secondary N) is 2. The highest BCUT2D eigenvalue weighted by molar-refractivity contribution is 6.22. The molecule has 0 spiro atoms. The third-order valence-electron chi connectivity index (χ3n) is 8.55. The van der Waals surface area contributed by atoms with Crippen molar-refractivity contribution >= 4 is 29.3 Å². The highest BCUT2D eigenvalue weighted by atomic mass is 16.5. The van der Waals surface area contributed by atoms with E-state index in [9.17, 15) is 39.6 Å². The van der Waals surface area contributed by atoms with E-state index in [1.54, 1.807) is 12.1 Å². The van der Waals surface area contributed by atoms with E-state index >= 15 is 0 Å². The number of phenols is 1. The van der Waals surface area contributed by atoms with Gasteiger partial charge < -0.3 is 41.5 Å². The van der Waals surface area contributed by atoms with Gasteiger partial charge in [0.2, 0.25) is 5.78 Å². The number of hydrogen-bond acceptors (Lipinski definition) is 9. The molecule has 8 N–H and O–H groups in total. The number of amides is 3. The van der Waals surface area contributed by atoms with Crippen LogP contribution in [-0.2, 0) is 27.3 Å². The van der Waals surface area contributed by atoms with E-state index in [-0.39, 0.29) is 42.3 Å². The lowest BCUT2D eigenvalue weighted by Gasteiger charge is -2.46. The second-order valence-electron chi connectivity index (χ2n) is 12.7. The fourth-order valence-corrected chi connectivity index (χ4v) is 6.63. The number of carbonyl (C=O) groups is 4. The van der Waals surface area contributed by atoms with Gasteiger partial charge in [0.25, 0.3) is 5.91 Å². The zero-order valence-electron chi connectivity index (χ0n) is 25.5. The maximum atomic E-state index is 13.8. The Balaban J connectivity index is 1.58. The summed E-state index contributed by atoms with van der Waals surface area (Å²) in [5.41, 5.74) is 3.70. The summed E-state index contributed by atoms with van der Waals surface area (Å²) < 4.78 is 5.79. The molecule has 238 valence electrons. The molecule has 2 aromatic carbocycles. The summed E-state index contributed by atoms with van der Waals surface area (Å²) >= 11 is 0. The Kier molecular flexibility index (Phi) is 7.90. The van der Waals surface area contributed by atoms with Crippen molar-refractivity contribution in [2.75, 3.05) is 6.61 Å². The molecule has 3 amide bonds. The summed E-state index contributed by atoms with van der Waals surface area (Å²) in [5.74, 6) is -6.25. The molecule has 3 aliphatic rings. The molecule has 3 aliphatic carbocycles. The zero-order chi connectivity index (χ0) is 33.0. The number of nitrogens with two attached hydrogens (primary N) is 1. The van der Waals surface area contributed by atoms with Gasteiger partial charge in [-0.3, -0.25) is 14.4 Å². The third-order valence-corrected chi connectivity index (χ3v) is 8.55. The molecule has 12 nitrogen and oxygen atoms in total. The number of hydrogen-bond donors (Lipinski definition) is 7. The van der Waals surface area contributed by atoms with Crippen molar-refractivity contribution in [1.82, 2.24) is 10.6 Å². The molecule has 2 aromatic rings. The first-order valence-electron chi connectivity index (χ1n) is 14.7. The number of primary amides is 1. The van der Waals surface area contributed by atoms with Gasteiger partial charge >= 0.3 is 6.03 Å². The Morgan fingerprint density at radius 3 is 2.44 bits per heavy atom. The van der Waals surface area contributed by atoms with E-state index in [0.717, 1.165) is 0 Å². The van der Waals surface area contributed by atoms with Crippen LogP contribution in [0, 0.1) is 11.8 Å². The molecule has 1 saturated carbocycles. The Morgan fingerprint density at radius 1 is 1.09 bits per heavy atom. The van der Waals surface area contributed by atoms with Crippen molar-refractivity contribution in [3.05, 3.63) is 63.9 Å². The minimum absolute atomic E-state index is 0.00209. The normalized spacial score (nSPS) is 22.8. The van der Waals surface area contributed by atoms with Crippen LogP contribution in [-0.4, -0.2) is 61.7 Å². The number of benzene rings is 2. The average molecular weight is 620 g/mol. The first kappa shape index (κ1) is 31.6. The predicted molar refractivity (Wildman–Crippen MR) is 163 cm³/mol. The smallest absolute Gasteiger partial charge is 0.315 e. The second-order valence-corrected chi connectivity index (χ2v) is 12.7. The number of ketones is 2. The number of urea groups is 1. The van der Waals surface area contributed by atoms with Gasteiger partial charge in [0.15, 0.2) is 11.4 Å². The van der Waals surface area contributed by atoms with Crippen molar-refractivity contribution in [1.29, 1.82) is 0 Å². The van der Waals surface area contributed by atoms with Gasteiger partial charge in [0, 0.05) is 35.6 Å². The molecule has 3 atom stereocenters. The maximum absolute atomic E-state index is 13.8. The van der Waals surface area contributed by atoms with Gasteiger partial charge in [-0.25, -0.2) is 4.79 Å². The van der Waals surface area contributed by atoms with Gasteiger partial charge in [-0.1, -0.05) is 12.1 Å². The summed E-state index contributed by atoms with van der Waals surface area (Å²) in [6.07, 6.45) is -0.209. The predicted octanol–water partition coefficient (Wildman–Crippen LogP) is 3.09. The Hall–Kier alpha value is -4.84. The first-order valence-corrected chi connectivity index (χ1v) is 14.7. The van der Waals surface area contributed by atoms with Crippen molar-refractivity contribution < 1.29 is 44.3 Å². The molecule has 0 heterocycles. The molecule has 5 rings (SSSR count).